The molecule has 0 aromatic carbocycles. The summed E-state index contributed by atoms with van der Waals surface area (Å²) in [5.41, 5.74) is 0. The molecular formula is C15H18N8O2S. The first kappa shape index (κ1) is 16.7. The van der Waals surface area contributed by atoms with Crippen LogP contribution in [0.15, 0.2) is 48.7 Å². The van der Waals surface area contributed by atoms with Crippen molar-refractivity contribution < 1.29 is 8.42 Å². The number of aromatic nitrogens is 6. The molecule has 4 rings (SSSR count). The van der Waals surface area contributed by atoms with Crippen molar-refractivity contribution in [3.8, 4) is 5.82 Å². The van der Waals surface area contributed by atoms with Crippen molar-refractivity contribution in [2.45, 2.75) is 5.03 Å². The number of hydrogen-bond donors (Lipinski definition) is 0. The highest BCUT2D eigenvalue weighted by atomic mass is 32.2. The van der Waals surface area contributed by atoms with Gasteiger partial charge in [-0.25, -0.2) is 28.4 Å². The smallest absolute Gasteiger partial charge is 0.262 e. The topological polar surface area (TPSA) is 102 Å². The predicted molar refractivity (Wildman–Crippen MR) is 93.3 cm³/mol. The Balaban J connectivity index is 1.48. The first-order valence-corrected chi connectivity index (χ1v) is 9.51. The molecule has 1 saturated heterocycles. The molecule has 3 aromatic heterocycles. The lowest BCUT2D eigenvalue weighted by Crippen LogP contribution is -2.49. The molecule has 1 aliphatic heterocycles. The number of anilines is 1. The summed E-state index contributed by atoms with van der Waals surface area (Å²) in [6.07, 6.45) is 9.67. The van der Waals surface area contributed by atoms with E-state index in [0.29, 0.717) is 26.2 Å². The Morgan fingerprint density at radius 1 is 1.00 bits per heavy atom. The quantitative estimate of drug-likeness (QED) is 0.629. The second kappa shape index (κ2) is 6.50. The molecule has 26 heavy (non-hydrogen) atoms. The van der Waals surface area contributed by atoms with E-state index in [2.05, 4.69) is 19.9 Å². The highest BCUT2D eigenvalue weighted by Gasteiger charge is 2.30. The molecule has 0 amide bonds. The van der Waals surface area contributed by atoms with Gasteiger partial charge in [-0.1, -0.05) is 0 Å². The fraction of sp³-hybridized carbons (Fsp3) is 0.333. The van der Waals surface area contributed by atoms with E-state index < -0.39 is 10.0 Å². The maximum Gasteiger partial charge on any atom is 0.262 e. The van der Waals surface area contributed by atoms with Crippen molar-refractivity contribution in [3.05, 3.63) is 43.6 Å². The third-order valence-corrected chi connectivity index (χ3v) is 6.04. The zero-order valence-corrected chi connectivity index (χ0v) is 15.0. The van der Waals surface area contributed by atoms with E-state index in [1.54, 1.807) is 28.7 Å². The summed E-state index contributed by atoms with van der Waals surface area (Å²) >= 11 is 0. The van der Waals surface area contributed by atoms with Crippen molar-refractivity contribution in [1.29, 1.82) is 0 Å². The van der Waals surface area contributed by atoms with E-state index in [1.807, 2.05) is 17.2 Å². The monoisotopic (exact) mass is 374 g/mol. The fourth-order valence-electron chi connectivity index (χ4n) is 2.86. The van der Waals surface area contributed by atoms with E-state index in [-0.39, 0.29) is 5.03 Å². The van der Waals surface area contributed by atoms with Crippen LogP contribution in [0.3, 0.4) is 0 Å². The normalized spacial score (nSPS) is 16.1. The lowest BCUT2D eigenvalue weighted by Gasteiger charge is -2.34. The van der Waals surface area contributed by atoms with Gasteiger partial charge in [-0.2, -0.15) is 4.31 Å². The Morgan fingerprint density at radius 3 is 2.42 bits per heavy atom. The summed E-state index contributed by atoms with van der Waals surface area (Å²) in [5.74, 6) is 1.48. The van der Waals surface area contributed by atoms with Gasteiger partial charge >= 0.3 is 0 Å². The van der Waals surface area contributed by atoms with E-state index in [4.69, 9.17) is 0 Å². The molecule has 11 heteroatoms. The van der Waals surface area contributed by atoms with Crippen molar-refractivity contribution in [2.24, 2.45) is 7.05 Å². The minimum absolute atomic E-state index is 0.0814. The van der Waals surface area contributed by atoms with Crippen molar-refractivity contribution in [2.75, 3.05) is 31.1 Å². The molecule has 0 bridgehead atoms. The van der Waals surface area contributed by atoms with Crippen molar-refractivity contribution in [1.82, 2.24) is 33.4 Å². The molecule has 0 spiro atoms. The largest absolute Gasteiger partial charge is 0.354 e. The molecule has 1 aliphatic rings. The number of nitrogens with zero attached hydrogens (tertiary/aromatic N) is 8. The Hall–Kier alpha value is -2.79. The van der Waals surface area contributed by atoms with E-state index in [0.717, 1.165) is 11.6 Å². The Bertz CT molecular complexity index is 990. The molecular weight excluding hydrogens is 356 g/mol. The van der Waals surface area contributed by atoms with Crippen molar-refractivity contribution >= 4 is 15.8 Å². The second-order valence-corrected chi connectivity index (χ2v) is 7.86. The Labute approximate surface area is 150 Å². The van der Waals surface area contributed by atoms with Gasteiger partial charge in [0, 0.05) is 57.9 Å². The van der Waals surface area contributed by atoms with Gasteiger partial charge in [0.05, 0.1) is 6.33 Å². The number of piperazine rings is 1. The van der Waals surface area contributed by atoms with Crippen LogP contribution in [0.25, 0.3) is 5.82 Å². The third kappa shape index (κ3) is 3.06. The van der Waals surface area contributed by atoms with Gasteiger partial charge in [0.2, 0.25) is 0 Å². The SMILES string of the molecule is Cn1cnc(S(=O)(=O)N2CCN(c3cc(-n4ccnc4)ncn3)CC2)c1. The summed E-state index contributed by atoms with van der Waals surface area (Å²) < 4.78 is 30.2. The van der Waals surface area contributed by atoms with Gasteiger partial charge in [0.25, 0.3) is 10.0 Å². The average Bonchev–Trinajstić information content (AvgIpc) is 3.34. The Kier molecular flexibility index (Phi) is 4.17. The molecule has 0 radical (unpaired) electrons. The average molecular weight is 374 g/mol. The first-order chi connectivity index (χ1) is 12.5. The highest BCUT2D eigenvalue weighted by Crippen LogP contribution is 2.19. The summed E-state index contributed by atoms with van der Waals surface area (Å²) in [4.78, 5) is 18.6. The molecule has 0 aliphatic carbocycles. The molecule has 0 unspecified atom stereocenters. The molecule has 0 N–H and O–H groups in total. The molecule has 0 saturated carbocycles. The summed E-state index contributed by atoms with van der Waals surface area (Å²) in [6, 6.07) is 1.87. The standard InChI is InChI=1S/C15H18N8O2S/c1-20-9-15(19-12-20)26(24,25)23-6-4-21(5-7-23)13-8-14(18-10-17-13)22-3-2-16-11-22/h2-3,8-12H,4-7H2,1H3. The molecule has 0 atom stereocenters. The molecule has 136 valence electrons. The summed E-state index contributed by atoms with van der Waals surface area (Å²) in [5, 5.41) is 0.0814. The lowest BCUT2D eigenvalue weighted by atomic mass is 10.3. The predicted octanol–water partition coefficient (Wildman–Crippen LogP) is -0.0933. The van der Waals surface area contributed by atoms with E-state index >= 15 is 0 Å². The van der Waals surface area contributed by atoms with Gasteiger partial charge in [-0.15, -0.1) is 0 Å². The van der Waals surface area contributed by atoms with Gasteiger partial charge in [0.1, 0.15) is 24.3 Å². The van der Waals surface area contributed by atoms with Crippen LogP contribution in [0, 0.1) is 0 Å². The van der Waals surface area contributed by atoms with E-state index in [1.165, 1.54) is 23.2 Å². The maximum absolute atomic E-state index is 12.6. The van der Waals surface area contributed by atoms with Crippen LogP contribution >= 0.6 is 0 Å². The third-order valence-electron chi connectivity index (χ3n) is 4.26. The number of sulfonamides is 1. The van der Waals surface area contributed by atoms with Crippen LogP contribution in [0.2, 0.25) is 0 Å². The van der Waals surface area contributed by atoms with Crippen LogP contribution in [0.5, 0.6) is 0 Å². The highest BCUT2D eigenvalue weighted by molar-refractivity contribution is 7.89. The summed E-state index contributed by atoms with van der Waals surface area (Å²) in [7, 11) is -1.81. The van der Waals surface area contributed by atoms with Gasteiger partial charge in [-0.05, 0) is 0 Å². The second-order valence-electron chi connectivity index (χ2n) is 5.97. The Morgan fingerprint density at radius 2 is 1.77 bits per heavy atom. The van der Waals surface area contributed by atoms with Gasteiger partial charge in [0.15, 0.2) is 5.03 Å². The minimum Gasteiger partial charge on any atom is -0.354 e. The molecule has 10 nitrogen and oxygen atoms in total. The fourth-order valence-corrected chi connectivity index (χ4v) is 4.25. The van der Waals surface area contributed by atoms with E-state index in [9.17, 15) is 8.42 Å². The molecule has 3 aromatic rings. The minimum atomic E-state index is -3.56. The first-order valence-electron chi connectivity index (χ1n) is 8.07. The molecule has 1 fully saturated rings. The zero-order chi connectivity index (χ0) is 18.1. The summed E-state index contributed by atoms with van der Waals surface area (Å²) in [6.45, 7) is 1.85. The lowest BCUT2D eigenvalue weighted by molar-refractivity contribution is 0.382. The van der Waals surface area contributed by atoms with Crippen LogP contribution in [-0.4, -0.2) is 68.0 Å². The zero-order valence-electron chi connectivity index (χ0n) is 14.2. The number of imidazole rings is 2. The number of aryl methyl sites for hydroxylation is 1. The number of hydrogen-bond acceptors (Lipinski definition) is 7. The number of rotatable bonds is 4. The van der Waals surface area contributed by atoms with Crippen LogP contribution in [-0.2, 0) is 17.1 Å². The van der Waals surface area contributed by atoms with Crippen molar-refractivity contribution in [3.63, 3.8) is 0 Å². The van der Waals surface area contributed by atoms with Gasteiger partial charge in [-0.3, -0.25) is 4.57 Å². The molecule has 4 heterocycles. The van der Waals surface area contributed by atoms with Crippen LogP contribution in [0.1, 0.15) is 0 Å². The van der Waals surface area contributed by atoms with Crippen LogP contribution < -0.4 is 4.90 Å². The maximum atomic E-state index is 12.6. The van der Waals surface area contributed by atoms with Crippen LogP contribution in [0.4, 0.5) is 5.82 Å². The van der Waals surface area contributed by atoms with Gasteiger partial charge < -0.3 is 9.47 Å².